The lowest BCUT2D eigenvalue weighted by Gasteiger charge is -2.19. The first-order valence-electron chi connectivity index (χ1n) is 5.83. The highest BCUT2D eigenvalue weighted by atomic mass is 19.1. The average molecular weight is 288 g/mol. The molecule has 0 unspecified atom stereocenters. The molecule has 1 aromatic carbocycles. The summed E-state index contributed by atoms with van der Waals surface area (Å²) in [6, 6.07) is 0.191. The molecule has 20 heavy (non-hydrogen) atoms. The maximum absolute atomic E-state index is 13.5. The van der Waals surface area contributed by atoms with Gasteiger partial charge >= 0.3 is 5.69 Å². The fourth-order valence-corrected chi connectivity index (χ4v) is 1.52. The van der Waals surface area contributed by atoms with Crippen LogP contribution in [0.5, 0.6) is 0 Å². The normalized spacial score (nSPS) is 12.3. The zero-order valence-corrected chi connectivity index (χ0v) is 10.9. The molecule has 0 saturated carbocycles. The van der Waals surface area contributed by atoms with Gasteiger partial charge in [0.25, 0.3) is 5.91 Å². The van der Waals surface area contributed by atoms with Crippen molar-refractivity contribution in [2.75, 3.05) is 6.61 Å². The molecule has 0 fully saturated rings. The van der Waals surface area contributed by atoms with Gasteiger partial charge in [0.1, 0.15) is 5.82 Å². The molecule has 1 aromatic rings. The number of hydrogen-bond donors (Lipinski definition) is 2. The van der Waals surface area contributed by atoms with Gasteiger partial charge in [0.05, 0.1) is 23.1 Å². The molecule has 8 heteroatoms. The predicted molar refractivity (Wildman–Crippen MR) is 66.2 cm³/mol. The Morgan fingerprint density at radius 1 is 1.40 bits per heavy atom. The second kappa shape index (κ2) is 6.38. The van der Waals surface area contributed by atoms with Gasteiger partial charge in [-0.05, 0) is 5.92 Å². The molecule has 0 spiro atoms. The third-order valence-corrected chi connectivity index (χ3v) is 2.80. The van der Waals surface area contributed by atoms with Crippen LogP contribution < -0.4 is 5.32 Å². The molecule has 2 N–H and O–H groups in total. The maximum Gasteiger partial charge on any atom is 0.305 e. The van der Waals surface area contributed by atoms with Crippen molar-refractivity contribution in [2.45, 2.75) is 19.9 Å². The molecule has 0 aliphatic carbocycles. The van der Waals surface area contributed by atoms with Crippen molar-refractivity contribution in [1.82, 2.24) is 5.32 Å². The van der Waals surface area contributed by atoms with Crippen LogP contribution in [0.1, 0.15) is 24.2 Å². The largest absolute Gasteiger partial charge is 0.394 e. The smallest absolute Gasteiger partial charge is 0.305 e. The lowest BCUT2D eigenvalue weighted by molar-refractivity contribution is -0.387. The Morgan fingerprint density at radius 2 is 2.00 bits per heavy atom. The van der Waals surface area contributed by atoms with Crippen molar-refractivity contribution in [3.63, 3.8) is 0 Å². The molecule has 1 rings (SSSR count). The number of rotatable bonds is 5. The van der Waals surface area contributed by atoms with Crippen molar-refractivity contribution in [2.24, 2.45) is 5.92 Å². The zero-order chi connectivity index (χ0) is 15.4. The van der Waals surface area contributed by atoms with Crippen LogP contribution in [0.2, 0.25) is 0 Å². The van der Waals surface area contributed by atoms with E-state index in [4.69, 9.17) is 5.11 Å². The number of aliphatic hydroxyl groups excluding tert-OH is 1. The fraction of sp³-hybridized carbons (Fsp3) is 0.417. The van der Waals surface area contributed by atoms with Gasteiger partial charge in [0.15, 0.2) is 0 Å². The second-order valence-electron chi connectivity index (χ2n) is 4.55. The highest BCUT2D eigenvalue weighted by molar-refractivity contribution is 5.95. The van der Waals surface area contributed by atoms with Crippen LogP contribution in [0.15, 0.2) is 12.1 Å². The summed E-state index contributed by atoms with van der Waals surface area (Å²) in [5, 5.41) is 22.0. The molecule has 0 heterocycles. The van der Waals surface area contributed by atoms with Crippen molar-refractivity contribution < 1.29 is 23.6 Å². The molecule has 0 aliphatic heterocycles. The van der Waals surface area contributed by atoms with Crippen LogP contribution in [0.25, 0.3) is 0 Å². The summed E-state index contributed by atoms with van der Waals surface area (Å²) in [7, 11) is 0. The van der Waals surface area contributed by atoms with Crippen LogP contribution in [0.4, 0.5) is 14.5 Å². The first kappa shape index (κ1) is 16.0. The molecule has 0 bridgehead atoms. The number of nitro benzene ring substituents is 1. The van der Waals surface area contributed by atoms with Crippen molar-refractivity contribution in [3.8, 4) is 0 Å². The molecular weight excluding hydrogens is 274 g/mol. The van der Waals surface area contributed by atoms with Crippen molar-refractivity contribution in [3.05, 3.63) is 39.4 Å². The van der Waals surface area contributed by atoms with Gasteiger partial charge in [-0.15, -0.1) is 0 Å². The number of amides is 1. The molecule has 0 aromatic heterocycles. The van der Waals surface area contributed by atoms with Gasteiger partial charge in [-0.2, -0.15) is 4.39 Å². The number of carbonyl (C=O) groups excluding carboxylic acids is 1. The summed E-state index contributed by atoms with van der Waals surface area (Å²) < 4.78 is 26.7. The van der Waals surface area contributed by atoms with E-state index in [1.807, 2.05) is 0 Å². The van der Waals surface area contributed by atoms with E-state index in [2.05, 4.69) is 5.32 Å². The Morgan fingerprint density at radius 3 is 2.45 bits per heavy atom. The third-order valence-electron chi connectivity index (χ3n) is 2.80. The van der Waals surface area contributed by atoms with E-state index < -0.39 is 39.8 Å². The van der Waals surface area contributed by atoms with Crippen LogP contribution >= 0.6 is 0 Å². The topological polar surface area (TPSA) is 92.5 Å². The van der Waals surface area contributed by atoms with E-state index in [1.165, 1.54) is 0 Å². The predicted octanol–water partition coefficient (Wildman–Crippen LogP) is 1.62. The lowest BCUT2D eigenvalue weighted by atomic mass is 10.0. The summed E-state index contributed by atoms with van der Waals surface area (Å²) in [5.41, 5.74) is -1.63. The fourth-order valence-electron chi connectivity index (χ4n) is 1.52. The third kappa shape index (κ3) is 3.47. The summed E-state index contributed by atoms with van der Waals surface area (Å²) >= 11 is 0. The quantitative estimate of drug-likeness (QED) is 0.636. The molecule has 110 valence electrons. The lowest BCUT2D eigenvalue weighted by Crippen LogP contribution is -2.41. The van der Waals surface area contributed by atoms with Gasteiger partial charge in [0.2, 0.25) is 5.82 Å². The van der Waals surface area contributed by atoms with E-state index in [9.17, 15) is 23.7 Å². The SMILES string of the molecule is CC(C)[C@@H](CO)NC(=O)c1cc([N+](=O)[O-])c(F)cc1F. The van der Waals surface area contributed by atoms with Crippen LogP contribution in [0, 0.1) is 27.7 Å². The number of nitrogens with one attached hydrogen (secondary N) is 1. The van der Waals surface area contributed by atoms with Gasteiger partial charge in [-0.25, -0.2) is 4.39 Å². The summed E-state index contributed by atoms with van der Waals surface area (Å²) in [6.07, 6.45) is 0. The van der Waals surface area contributed by atoms with E-state index in [1.54, 1.807) is 13.8 Å². The molecule has 0 aliphatic rings. The first-order valence-corrected chi connectivity index (χ1v) is 5.83. The number of hydrogen-bond acceptors (Lipinski definition) is 4. The molecule has 1 atom stereocenters. The van der Waals surface area contributed by atoms with E-state index in [0.717, 1.165) is 0 Å². The molecule has 1 amide bonds. The average Bonchev–Trinajstić information content (AvgIpc) is 2.34. The van der Waals surface area contributed by atoms with Gasteiger partial charge in [-0.1, -0.05) is 13.8 Å². The zero-order valence-electron chi connectivity index (χ0n) is 10.9. The Balaban J connectivity index is 3.10. The van der Waals surface area contributed by atoms with Crippen LogP contribution in [-0.2, 0) is 0 Å². The standard InChI is InChI=1S/C12H14F2N2O4/c1-6(2)10(5-17)15-12(18)7-3-11(16(19)20)9(14)4-8(7)13/h3-4,6,10,17H,5H2,1-2H3,(H,15,18)/t10-/m1/s1. The number of aliphatic hydroxyl groups is 1. The van der Waals surface area contributed by atoms with Gasteiger partial charge in [0, 0.05) is 12.1 Å². The minimum atomic E-state index is -1.35. The van der Waals surface area contributed by atoms with E-state index >= 15 is 0 Å². The molecule has 0 radical (unpaired) electrons. The second-order valence-corrected chi connectivity index (χ2v) is 4.55. The Kier molecular flexibility index (Phi) is 5.09. The Labute approximate surface area is 113 Å². The minimum Gasteiger partial charge on any atom is -0.394 e. The summed E-state index contributed by atoms with van der Waals surface area (Å²) in [5.74, 6) is -3.63. The number of benzene rings is 1. The number of halogens is 2. The highest BCUT2D eigenvalue weighted by Gasteiger charge is 2.24. The number of carbonyl (C=O) groups is 1. The Hall–Kier alpha value is -2.09. The summed E-state index contributed by atoms with van der Waals surface area (Å²) in [6.45, 7) is 3.09. The number of nitro groups is 1. The van der Waals surface area contributed by atoms with Gasteiger partial charge in [-0.3, -0.25) is 14.9 Å². The van der Waals surface area contributed by atoms with Crippen LogP contribution in [0.3, 0.4) is 0 Å². The minimum absolute atomic E-state index is 0.123. The first-order chi connectivity index (χ1) is 9.27. The molecule has 0 saturated heterocycles. The van der Waals surface area contributed by atoms with E-state index in [0.29, 0.717) is 6.07 Å². The highest BCUT2D eigenvalue weighted by Crippen LogP contribution is 2.21. The molecule has 6 nitrogen and oxygen atoms in total. The maximum atomic E-state index is 13.5. The summed E-state index contributed by atoms with van der Waals surface area (Å²) in [4.78, 5) is 21.3. The van der Waals surface area contributed by atoms with Crippen molar-refractivity contribution >= 4 is 11.6 Å². The Bertz CT molecular complexity index is 534. The van der Waals surface area contributed by atoms with E-state index in [-0.39, 0.29) is 18.6 Å². The monoisotopic (exact) mass is 288 g/mol. The number of nitrogens with zero attached hydrogens (tertiary/aromatic N) is 1. The van der Waals surface area contributed by atoms with Crippen molar-refractivity contribution in [1.29, 1.82) is 0 Å². The van der Waals surface area contributed by atoms with Gasteiger partial charge < -0.3 is 10.4 Å². The molecular formula is C12H14F2N2O4. The van der Waals surface area contributed by atoms with Crippen LogP contribution in [-0.4, -0.2) is 28.6 Å².